The predicted octanol–water partition coefficient (Wildman–Crippen LogP) is 1.98. The molecule has 0 aliphatic heterocycles. The number of phenolic OH excluding ortho intramolecular Hbond substituents is 2. The van der Waals surface area contributed by atoms with Gasteiger partial charge in [0.2, 0.25) is 0 Å². The molecule has 5 nitrogen and oxygen atoms in total. The second-order valence-corrected chi connectivity index (χ2v) is 4.18. The van der Waals surface area contributed by atoms with E-state index in [9.17, 15) is 15.0 Å². The maximum absolute atomic E-state index is 11.2. The van der Waals surface area contributed by atoms with Crippen LogP contribution in [0.25, 0.3) is 6.08 Å². The molecule has 0 atom stereocenters. The van der Waals surface area contributed by atoms with Crippen LogP contribution < -0.4 is 5.73 Å². The number of aromatic hydroxyl groups is 2. The number of hydrogen-bond acceptors (Lipinski definition) is 6. The van der Waals surface area contributed by atoms with Crippen molar-refractivity contribution in [3.05, 3.63) is 17.7 Å². The summed E-state index contributed by atoms with van der Waals surface area (Å²) in [6.45, 7) is 1.97. The minimum absolute atomic E-state index is 0.271. The Kier molecular flexibility index (Phi) is 4.91. The molecule has 1 aromatic carbocycles. The molecule has 1 rings (SSSR count). The molecule has 0 aliphatic carbocycles. The first kappa shape index (κ1) is 14.2. The molecule has 4 N–H and O–H groups in total. The van der Waals surface area contributed by atoms with Gasteiger partial charge < -0.3 is 20.7 Å². The average Bonchev–Trinajstić information content (AvgIpc) is 2.32. The highest BCUT2D eigenvalue weighted by molar-refractivity contribution is 7.98. The van der Waals surface area contributed by atoms with Crippen LogP contribution in [0.1, 0.15) is 12.5 Å². The minimum atomic E-state index is -0.522. The third-order valence-corrected chi connectivity index (χ3v) is 3.04. The zero-order valence-corrected chi connectivity index (χ0v) is 11.0. The molecule has 0 heterocycles. The van der Waals surface area contributed by atoms with E-state index in [1.54, 1.807) is 13.2 Å². The number of benzene rings is 1. The van der Waals surface area contributed by atoms with Gasteiger partial charge in [-0.1, -0.05) is 0 Å². The smallest absolute Gasteiger partial charge is 0.330 e. The van der Waals surface area contributed by atoms with Crippen LogP contribution >= 0.6 is 11.8 Å². The largest absolute Gasteiger partial charge is 0.504 e. The van der Waals surface area contributed by atoms with Crippen molar-refractivity contribution in [1.82, 2.24) is 0 Å². The molecule has 0 bridgehead atoms. The minimum Gasteiger partial charge on any atom is -0.504 e. The van der Waals surface area contributed by atoms with Crippen molar-refractivity contribution in [2.75, 3.05) is 18.6 Å². The van der Waals surface area contributed by atoms with Crippen molar-refractivity contribution in [3.63, 3.8) is 0 Å². The highest BCUT2D eigenvalue weighted by atomic mass is 32.2. The highest BCUT2D eigenvalue weighted by Gasteiger charge is 2.13. The van der Waals surface area contributed by atoms with Gasteiger partial charge in [0.1, 0.15) is 0 Å². The Balaban J connectivity index is 3.18. The zero-order valence-electron chi connectivity index (χ0n) is 10.1. The number of ether oxygens (including phenoxy) is 1. The van der Waals surface area contributed by atoms with Gasteiger partial charge in [-0.2, -0.15) is 0 Å². The predicted molar refractivity (Wildman–Crippen MR) is 71.6 cm³/mol. The van der Waals surface area contributed by atoms with Crippen LogP contribution in [-0.4, -0.2) is 29.0 Å². The molecule has 0 aromatic heterocycles. The third-order valence-electron chi connectivity index (χ3n) is 2.17. The number of phenols is 2. The fourth-order valence-corrected chi connectivity index (χ4v) is 2.09. The van der Waals surface area contributed by atoms with Crippen molar-refractivity contribution < 1.29 is 19.7 Å². The summed E-state index contributed by atoms with van der Waals surface area (Å²) in [6.07, 6.45) is 4.33. The average molecular weight is 269 g/mol. The SMILES string of the molecule is CCOC(=O)C=Cc1c(O)c(O)cc(N)c1SC. The van der Waals surface area contributed by atoms with Gasteiger partial charge in [0.05, 0.1) is 6.61 Å². The lowest BCUT2D eigenvalue weighted by Crippen LogP contribution is -1.99. The Bertz CT molecular complexity index is 485. The first-order valence-corrected chi connectivity index (χ1v) is 6.47. The fourth-order valence-electron chi connectivity index (χ4n) is 1.41. The summed E-state index contributed by atoms with van der Waals surface area (Å²) in [4.78, 5) is 11.8. The molecule has 0 saturated heterocycles. The van der Waals surface area contributed by atoms with Crippen LogP contribution in [-0.2, 0) is 9.53 Å². The lowest BCUT2D eigenvalue weighted by Gasteiger charge is -2.10. The molecule has 0 spiro atoms. The number of carbonyl (C=O) groups is 1. The molecule has 0 aliphatic rings. The van der Waals surface area contributed by atoms with E-state index in [1.165, 1.54) is 30.0 Å². The normalized spacial score (nSPS) is 10.8. The Morgan fingerprint density at radius 3 is 2.78 bits per heavy atom. The topological polar surface area (TPSA) is 92.8 Å². The van der Waals surface area contributed by atoms with Crippen molar-refractivity contribution in [1.29, 1.82) is 0 Å². The van der Waals surface area contributed by atoms with Crippen molar-refractivity contribution in [2.24, 2.45) is 0 Å². The molecular weight excluding hydrogens is 254 g/mol. The monoisotopic (exact) mass is 269 g/mol. The molecular formula is C12H15NO4S. The molecule has 18 heavy (non-hydrogen) atoms. The Morgan fingerprint density at radius 2 is 2.22 bits per heavy atom. The van der Waals surface area contributed by atoms with Gasteiger partial charge in [-0.25, -0.2) is 4.79 Å². The van der Waals surface area contributed by atoms with Crippen LogP contribution in [0.2, 0.25) is 0 Å². The van der Waals surface area contributed by atoms with E-state index in [0.29, 0.717) is 16.1 Å². The Labute approximate surface area is 109 Å². The molecule has 1 aromatic rings. The van der Waals surface area contributed by atoms with Gasteiger partial charge >= 0.3 is 5.97 Å². The number of anilines is 1. The quantitative estimate of drug-likeness (QED) is 0.193. The first-order chi connectivity index (χ1) is 8.51. The van der Waals surface area contributed by atoms with E-state index in [1.807, 2.05) is 0 Å². The summed E-state index contributed by atoms with van der Waals surface area (Å²) >= 11 is 1.31. The van der Waals surface area contributed by atoms with Gasteiger partial charge in [-0.05, 0) is 19.3 Å². The highest BCUT2D eigenvalue weighted by Crippen LogP contribution is 2.40. The van der Waals surface area contributed by atoms with Crippen molar-refractivity contribution >= 4 is 29.5 Å². The number of nitrogen functional groups attached to an aromatic ring is 1. The maximum atomic E-state index is 11.2. The second-order valence-electron chi connectivity index (χ2n) is 3.37. The summed E-state index contributed by atoms with van der Waals surface area (Å²) in [6, 6.07) is 1.27. The summed E-state index contributed by atoms with van der Waals surface area (Å²) < 4.78 is 4.73. The number of hydrogen-bond donors (Lipinski definition) is 3. The van der Waals surface area contributed by atoms with E-state index >= 15 is 0 Å². The summed E-state index contributed by atoms with van der Waals surface area (Å²) in [7, 11) is 0. The van der Waals surface area contributed by atoms with Crippen molar-refractivity contribution in [3.8, 4) is 11.5 Å². The van der Waals surface area contributed by atoms with E-state index in [2.05, 4.69) is 0 Å². The Morgan fingerprint density at radius 1 is 1.56 bits per heavy atom. The van der Waals surface area contributed by atoms with Crippen LogP contribution in [0.3, 0.4) is 0 Å². The van der Waals surface area contributed by atoms with Crippen LogP contribution in [0.5, 0.6) is 11.5 Å². The fraction of sp³-hybridized carbons (Fsp3) is 0.250. The van der Waals surface area contributed by atoms with Gasteiger partial charge in [0.25, 0.3) is 0 Å². The number of thioether (sulfide) groups is 1. The van der Waals surface area contributed by atoms with E-state index < -0.39 is 5.97 Å². The second kappa shape index (κ2) is 6.20. The van der Waals surface area contributed by atoms with Gasteiger partial charge in [-0.3, -0.25) is 0 Å². The maximum Gasteiger partial charge on any atom is 0.330 e. The van der Waals surface area contributed by atoms with Crippen LogP contribution in [0, 0.1) is 0 Å². The van der Waals surface area contributed by atoms with E-state index in [0.717, 1.165) is 0 Å². The standard InChI is InChI=1S/C12H15NO4S/c1-3-17-10(15)5-4-7-11(16)9(14)6-8(13)12(7)18-2/h4-6,14,16H,3,13H2,1-2H3. The number of carbonyl (C=O) groups excluding carboxylic acids is 1. The summed E-state index contributed by atoms with van der Waals surface area (Å²) in [5.41, 5.74) is 6.36. The van der Waals surface area contributed by atoms with Crippen molar-refractivity contribution in [2.45, 2.75) is 11.8 Å². The van der Waals surface area contributed by atoms with E-state index in [-0.39, 0.29) is 18.1 Å². The van der Waals surface area contributed by atoms with Gasteiger partial charge in [0, 0.05) is 28.3 Å². The van der Waals surface area contributed by atoms with Crippen LogP contribution in [0.4, 0.5) is 5.69 Å². The number of rotatable bonds is 4. The Hall–Kier alpha value is -1.82. The third kappa shape index (κ3) is 3.10. The zero-order chi connectivity index (χ0) is 13.7. The summed E-state index contributed by atoms with van der Waals surface area (Å²) in [5, 5.41) is 19.2. The molecule has 0 amide bonds. The molecule has 0 saturated carbocycles. The molecule has 0 fully saturated rings. The molecule has 0 unspecified atom stereocenters. The molecule has 0 radical (unpaired) electrons. The molecule has 6 heteroatoms. The van der Waals surface area contributed by atoms with E-state index in [4.69, 9.17) is 10.5 Å². The lowest BCUT2D eigenvalue weighted by atomic mass is 10.1. The molecule has 98 valence electrons. The number of nitrogens with two attached hydrogens (primary N) is 1. The van der Waals surface area contributed by atoms with Crippen LogP contribution in [0.15, 0.2) is 17.0 Å². The summed E-state index contributed by atoms with van der Waals surface area (Å²) in [5.74, 6) is -1.16. The van der Waals surface area contributed by atoms with Gasteiger partial charge in [0.15, 0.2) is 11.5 Å². The first-order valence-electron chi connectivity index (χ1n) is 5.24. The number of esters is 1. The van der Waals surface area contributed by atoms with Gasteiger partial charge in [-0.15, -0.1) is 11.8 Å². The lowest BCUT2D eigenvalue weighted by molar-refractivity contribution is -0.137.